The highest BCUT2D eigenvalue weighted by molar-refractivity contribution is 5.82. The molecule has 5 nitrogen and oxygen atoms in total. The van der Waals surface area contributed by atoms with Crippen molar-refractivity contribution in [2.24, 2.45) is 11.3 Å². The molecule has 5 heteroatoms. The van der Waals surface area contributed by atoms with Gasteiger partial charge in [-0.05, 0) is 46.0 Å². The summed E-state index contributed by atoms with van der Waals surface area (Å²) in [7, 11) is 0. The number of fused-ring (bicyclic) bond motifs is 1. The zero-order chi connectivity index (χ0) is 12.8. The van der Waals surface area contributed by atoms with E-state index in [9.17, 15) is 14.7 Å². The molecule has 3 unspecified atom stereocenters. The Kier molecular flexibility index (Phi) is 2.60. The van der Waals surface area contributed by atoms with Crippen LogP contribution in [-0.4, -0.2) is 28.8 Å². The lowest BCUT2D eigenvalue weighted by Crippen LogP contribution is -2.45. The zero-order valence-electron chi connectivity index (χ0n) is 10.4. The van der Waals surface area contributed by atoms with Crippen LogP contribution in [0.5, 0.6) is 0 Å². The Morgan fingerprint density at radius 1 is 1.35 bits per heavy atom. The molecule has 0 aromatic rings. The van der Waals surface area contributed by atoms with Gasteiger partial charge in [0.15, 0.2) is 0 Å². The second-order valence-electron chi connectivity index (χ2n) is 6.02. The van der Waals surface area contributed by atoms with E-state index in [0.29, 0.717) is 6.42 Å². The third-order valence-electron chi connectivity index (χ3n) is 3.67. The summed E-state index contributed by atoms with van der Waals surface area (Å²) in [4.78, 5) is 22.9. The van der Waals surface area contributed by atoms with E-state index < -0.39 is 23.1 Å². The van der Waals surface area contributed by atoms with Gasteiger partial charge in [-0.2, -0.15) is 0 Å². The molecule has 0 radical (unpaired) electrons. The first-order valence-corrected chi connectivity index (χ1v) is 5.98. The summed E-state index contributed by atoms with van der Waals surface area (Å²) in [5.74, 6) is -0.555. The Bertz CT molecular complexity index is 360. The van der Waals surface area contributed by atoms with Crippen molar-refractivity contribution < 1.29 is 19.4 Å². The number of alkyl carbamates (subject to hydrolysis) is 1. The molecular formula is C12H19NO4. The van der Waals surface area contributed by atoms with Crippen LogP contribution in [-0.2, 0) is 9.53 Å². The van der Waals surface area contributed by atoms with Crippen molar-refractivity contribution in [2.45, 2.75) is 51.7 Å². The van der Waals surface area contributed by atoms with Gasteiger partial charge >= 0.3 is 12.1 Å². The number of hydrogen-bond donors (Lipinski definition) is 2. The minimum Gasteiger partial charge on any atom is -0.481 e. The first kappa shape index (κ1) is 12.2. The van der Waals surface area contributed by atoms with Gasteiger partial charge < -0.3 is 15.2 Å². The molecule has 2 N–H and O–H groups in total. The Morgan fingerprint density at radius 2 is 2.00 bits per heavy atom. The lowest BCUT2D eigenvalue weighted by Gasteiger charge is -2.24. The van der Waals surface area contributed by atoms with Crippen molar-refractivity contribution >= 4 is 12.1 Å². The average Bonchev–Trinajstić information content (AvgIpc) is 2.77. The van der Waals surface area contributed by atoms with E-state index in [0.717, 1.165) is 12.8 Å². The Hall–Kier alpha value is -1.26. The van der Waals surface area contributed by atoms with Gasteiger partial charge in [-0.25, -0.2) is 4.79 Å². The average molecular weight is 241 g/mol. The maximum absolute atomic E-state index is 11.6. The monoisotopic (exact) mass is 241 g/mol. The molecule has 1 amide bonds. The minimum atomic E-state index is -0.791. The molecule has 0 spiro atoms. The van der Waals surface area contributed by atoms with Gasteiger partial charge in [-0.15, -0.1) is 0 Å². The van der Waals surface area contributed by atoms with Crippen LogP contribution < -0.4 is 5.32 Å². The standard InChI is InChI=1S/C12H19NO4/c1-11(2,3)17-10(16)13-8-5-4-7-6-12(7,8)9(14)15/h7-8H,4-6H2,1-3H3,(H,13,16)(H,14,15). The highest BCUT2D eigenvalue weighted by atomic mass is 16.6. The largest absolute Gasteiger partial charge is 0.481 e. The van der Waals surface area contributed by atoms with Crippen LogP contribution in [0.15, 0.2) is 0 Å². The number of amides is 1. The van der Waals surface area contributed by atoms with Crippen LogP contribution >= 0.6 is 0 Å². The molecule has 2 fully saturated rings. The molecule has 0 saturated heterocycles. The van der Waals surface area contributed by atoms with Gasteiger partial charge in [-0.3, -0.25) is 4.79 Å². The first-order chi connectivity index (χ1) is 7.75. The predicted molar refractivity (Wildman–Crippen MR) is 60.6 cm³/mol. The fraction of sp³-hybridized carbons (Fsp3) is 0.833. The van der Waals surface area contributed by atoms with E-state index in [1.54, 1.807) is 20.8 Å². The number of nitrogens with one attached hydrogen (secondary N) is 1. The first-order valence-electron chi connectivity index (χ1n) is 5.98. The van der Waals surface area contributed by atoms with Gasteiger partial charge in [0.05, 0.1) is 5.41 Å². The summed E-state index contributed by atoms with van der Waals surface area (Å²) in [6.45, 7) is 5.36. The summed E-state index contributed by atoms with van der Waals surface area (Å²) in [5.41, 5.74) is -1.26. The molecule has 0 aliphatic heterocycles. The summed E-state index contributed by atoms with van der Waals surface area (Å²) in [6.07, 6.45) is 1.78. The highest BCUT2D eigenvalue weighted by Gasteiger charge is 2.68. The summed E-state index contributed by atoms with van der Waals surface area (Å²) in [5, 5.41) is 11.9. The molecule has 0 aromatic heterocycles. The van der Waals surface area contributed by atoms with Crippen molar-refractivity contribution in [2.75, 3.05) is 0 Å². The van der Waals surface area contributed by atoms with E-state index >= 15 is 0 Å². The van der Waals surface area contributed by atoms with Gasteiger partial charge in [0.2, 0.25) is 0 Å². The van der Waals surface area contributed by atoms with Gasteiger partial charge in [0.1, 0.15) is 5.60 Å². The molecule has 96 valence electrons. The number of carbonyl (C=O) groups is 2. The Morgan fingerprint density at radius 3 is 2.47 bits per heavy atom. The van der Waals surface area contributed by atoms with Crippen LogP contribution in [0.2, 0.25) is 0 Å². The third-order valence-corrected chi connectivity index (χ3v) is 3.67. The van der Waals surface area contributed by atoms with Gasteiger partial charge in [0, 0.05) is 6.04 Å². The third kappa shape index (κ3) is 2.10. The van der Waals surface area contributed by atoms with Crippen molar-refractivity contribution in [3.63, 3.8) is 0 Å². The van der Waals surface area contributed by atoms with Crippen molar-refractivity contribution in [1.29, 1.82) is 0 Å². The van der Waals surface area contributed by atoms with Crippen LogP contribution in [0.4, 0.5) is 4.79 Å². The fourth-order valence-corrected chi connectivity index (χ4v) is 2.82. The molecule has 2 aliphatic rings. The van der Waals surface area contributed by atoms with E-state index in [1.165, 1.54) is 0 Å². The summed E-state index contributed by atoms with van der Waals surface area (Å²) in [6, 6.07) is -0.278. The molecule has 2 saturated carbocycles. The molecule has 17 heavy (non-hydrogen) atoms. The number of rotatable bonds is 2. The van der Waals surface area contributed by atoms with Crippen LogP contribution in [0, 0.1) is 11.3 Å². The maximum atomic E-state index is 11.6. The smallest absolute Gasteiger partial charge is 0.407 e. The predicted octanol–water partition coefficient (Wildman–Crippen LogP) is 1.76. The van der Waals surface area contributed by atoms with Gasteiger partial charge in [0.25, 0.3) is 0 Å². The van der Waals surface area contributed by atoms with Crippen molar-refractivity contribution in [3.05, 3.63) is 0 Å². The SMILES string of the molecule is CC(C)(C)OC(=O)NC1CCC2CC21C(=O)O. The lowest BCUT2D eigenvalue weighted by atomic mass is 9.98. The molecular weight excluding hydrogens is 222 g/mol. The quantitative estimate of drug-likeness (QED) is 0.772. The molecule has 2 aliphatic carbocycles. The Balaban J connectivity index is 1.96. The number of carbonyl (C=O) groups excluding carboxylic acids is 1. The van der Waals surface area contributed by atoms with Crippen LogP contribution in [0.1, 0.15) is 40.0 Å². The number of aliphatic carboxylic acids is 1. The van der Waals surface area contributed by atoms with Crippen molar-refractivity contribution in [3.8, 4) is 0 Å². The minimum absolute atomic E-state index is 0.236. The van der Waals surface area contributed by atoms with Crippen LogP contribution in [0.25, 0.3) is 0 Å². The summed E-state index contributed by atoms with van der Waals surface area (Å²) >= 11 is 0. The number of hydrogen-bond acceptors (Lipinski definition) is 3. The zero-order valence-corrected chi connectivity index (χ0v) is 10.4. The highest BCUT2D eigenvalue weighted by Crippen LogP contribution is 2.63. The number of ether oxygens (including phenoxy) is 1. The topological polar surface area (TPSA) is 75.6 Å². The second kappa shape index (κ2) is 3.62. The molecule has 2 rings (SSSR count). The molecule has 3 atom stereocenters. The number of carboxylic acid groups (broad SMARTS) is 1. The van der Waals surface area contributed by atoms with E-state index in [2.05, 4.69) is 5.32 Å². The molecule has 0 bridgehead atoms. The normalized spacial score (nSPS) is 35.0. The second-order valence-corrected chi connectivity index (χ2v) is 6.02. The van der Waals surface area contributed by atoms with E-state index in [-0.39, 0.29) is 12.0 Å². The van der Waals surface area contributed by atoms with Gasteiger partial charge in [-0.1, -0.05) is 0 Å². The van der Waals surface area contributed by atoms with Crippen molar-refractivity contribution in [1.82, 2.24) is 5.32 Å². The fourth-order valence-electron chi connectivity index (χ4n) is 2.82. The van der Waals surface area contributed by atoms with Crippen LogP contribution in [0.3, 0.4) is 0 Å². The van der Waals surface area contributed by atoms with E-state index in [1.807, 2.05) is 0 Å². The number of carboxylic acids is 1. The maximum Gasteiger partial charge on any atom is 0.407 e. The van der Waals surface area contributed by atoms with E-state index in [4.69, 9.17) is 4.74 Å². The lowest BCUT2D eigenvalue weighted by molar-refractivity contribution is -0.144. The Labute approximate surface area is 101 Å². The molecule has 0 aromatic carbocycles. The summed E-state index contributed by atoms with van der Waals surface area (Å²) < 4.78 is 5.15. The molecule has 0 heterocycles.